The van der Waals surface area contributed by atoms with Gasteiger partial charge in [0.2, 0.25) is 5.91 Å². The third-order valence-electron chi connectivity index (χ3n) is 2.71. The third kappa shape index (κ3) is 4.57. The highest BCUT2D eigenvalue weighted by Gasteiger charge is 2.17. The molecule has 4 heteroatoms. The molecule has 0 atom stereocenters. The minimum atomic E-state index is -0.881. The van der Waals surface area contributed by atoms with Gasteiger partial charge in [-0.3, -0.25) is 9.59 Å². The average Bonchev–Trinajstić information content (AvgIpc) is 2.29. The topological polar surface area (TPSA) is 57.6 Å². The fourth-order valence-electron chi connectivity index (χ4n) is 1.76. The molecular weight excluding hydrogens is 230 g/mol. The number of hydrogen-bond donors (Lipinski definition) is 1. The van der Waals surface area contributed by atoms with E-state index in [0.29, 0.717) is 6.42 Å². The van der Waals surface area contributed by atoms with E-state index >= 15 is 0 Å². The number of carboxylic acid groups (broad SMARTS) is 1. The number of amides is 1. The van der Waals surface area contributed by atoms with Crippen molar-refractivity contribution in [2.24, 2.45) is 0 Å². The van der Waals surface area contributed by atoms with Crippen LogP contribution in [-0.4, -0.2) is 34.5 Å². The zero-order valence-corrected chi connectivity index (χ0v) is 10.8. The van der Waals surface area contributed by atoms with E-state index in [1.54, 1.807) is 4.90 Å². The Hall–Kier alpha value is -1.84. The lowest BCUT2D eigenvalue weighted by Gasteiger charge is -2.26. The first-order chi connectivity index (χ1) is 8.50. The summed E-state index contributed by atoms with van der Waals surface area (Å²) in [6, 6.07) is 9.49. The summed E-state index contributed by atoms with van der Waals surface area (Å²) >= 11 is 0. The van der Waals surface area contributed by atoms with E-state index in [1.165, 1.54) is 0 Å². The monoisotopic (exact) mass is 249 g/mol. The molecule has 1 aromatic carbocycles. The summed E-state index contributed by atoms with van der Waals surface area (Å²) in [6.45, 7) is 4.05. The van der Waals surface area contributed by atoms with Crippen molar-refractivity contribution in [3.8, 4) is 0 Å². The fourth-order valence-corrected chi connectivity index (χ4v) is 1.76. The van der Waals surface area contributed by atoms with E-state index in [4.69, 9.17) is 5.11 Å². The lowest BCUT2D eigenvalue weighted by atomic mass is 10.1. The summed E-state index contributed by atoms with van der Waals surface area (Å²) in [5, 5.41) is 8.68. The van der Waals surface area contributed by atoms with Gasteiger partial charge in [0.1, 0.15) is 0 Å². The molecule has 0 fully saturated rings. The smallest absolute Gasteiger partial charge is 0.305 e. The maximum atomic E-state index is 12.1. The van der Waals surface area contributed by atoms with Gasteiger partial charge in [0.15, 0.2) is 0 Å². The highest BCUT2D eigenvalue weighted by Crippen LogP contribution is 2.07. The Balaban J connectivity index is 2.62. The summed E-state index contributed by atoms with van der Waals surface area (Å²) in [5.74, 6) is -0.911. The van der Waals surface area contributed by atoms with E-state index in [1.807, 2.05) is 44.2 Å². The van der Waals surface area contributed by atoms with Crippen LogP contribution in [0.2, 0.25) is 0 Å². The maximum Gasteiger partial charge on any atom is 0.305 e. The van der Waals surface area contributed by atoms with Crippen molar-refractivity contribution in [1.29, 1.82) is 0 Å². The zero-order valence-electron chi connectivity index (χ0n) is 10.8. The van der Waals surface area contributed by atoms with Crippen LogP contribution in [0.4, 0.5) is 0 Å². The Morgan fingerprint density at radius 2 is 1.83 bits per heavy atom. The molecule has 4 nitrogen and oxygen atoms in total. The molecule has 0 aromatic heterocycles. The van der Waals surface area contributed by atoms with Crippen molar-refractivity contribution in [3.63, 3.8) is 0 Å². The normalized spacial score (nSPS) is 10.4. The van der Waals surface area contributed by atoms with E-state index in [2.05, 4.69) is 0 Å². The van der Waals surface area contributed by atoms with Gasteiger partial charge in [0.05, 0.1) is 12.8 Å². The minimum Gasteiger partial charge on any atom is -0.481 e. The standard InChI is InChI=1S/C14H19NO3/c1-11(2)15(9-8-14(17)18)13(16)10-12-6-4-3-5-7-12/h3-7,11H,8-10H2,1-2H3,(H,17,18). The third-order valence-corrected chi connectivity index (χ3v) is 2.71. The van der Waals surface area contributed by atoms with Crippen LogP contribution in [-0.2, 0) is 16.0 Å². The van der Waals surface area contributed by atoms with Crippen LogP contribution < -0.4 is 0 Å². The van der Waals surface area contributed by atoms with Crippen molar-refractivity contribution in [2.45, 2.75) is 32.7 Å². The molecule has 0 radical (unpaired) electrons. The lowest BCUT2D eigenvalue weighted by Crippen LogP contribution is -2.39. The van der Waals surface area contributed by atoms with E-state index in [9.17, 15) is 9.59 Å². The van der Waals surface area contributed by atoms with Crippen LogP contribution >= 0.6 is 0 Å². The van der Waals surface area contributed by atoms with Crippen molar-refractivity contribution < 1.29 is 14.7 Å². The molecule has 0 unspecified atom stereocenters. The second-order valence-corrected chi connectivity index (χ2v) is 4.49. The fraction of sp³-hybridized carbons (Fsp3) is 0.429. The molecule has 0 saturated carbocycles. The Kier molecular flexibility index (Phi) is 5.36. The second-order valence-electron chi connectivity index (χ2n) is 4.49. The van der Waals surface area contributed by atoms with Crippen molar-refractivity contribution in [3.05, 3.63) is 35.9 Å². The Bertz CT molecular complexity index is 401. The molecule has 1 N–H and O–H groups in total. The molecule has 0 heterocycles. The van der Waals surface area contributed by atoms with Crippen LogP contribution in [0.5, 0.6) is 0 Å². The Labute approximate surface area is 107 Å². The molecule has 0 aliphatic carbocycles. The van der Waals surface area contributed by atoms with Gasteiger partial charge in [-0.25, -0.2) is 0 Å². The summed E-state index contributed by atoms with van der Waals surface area (Å²) in [6.07, 6.45) is 0.303. The first kappa shape index (κ1) is 14.2. The van der Waals surface area contributed by atoms with Crippen molar-refractivity contribution in [1.82, 2.24) is 4.90 Å². The summed E-state index contributed by atoms with van der Waals surface area (Å²) in [7, 11) is 0. The van der Waals surface area contributed by atoms with Gasteiger partial charge in [-0.05, 0) is 19.4 Å². The molecule has 0 spiro atoms. The van der Waals surface area contributed by atoms with Gasteiger partial charge in [-0.2, -0.15) is 0 Å². The van der Waals surface area contributed by atoms with Crippen LogP contribution in [0.15, 0.2) is 30.3 Å². The first-order valence-electron chi connectivity index (χ1n) is 6.06. The second kappa shape index (κ2) is 6.79. The number of rotatable bonds is 6. The molecule has 18 heavy (non-hydrogen) atoms. The van der Waals surface area contributed by atoms with Crippen LogP contribution in [0, 0.1) is 0 Å². The van der Waals surface area contributed by atoms with Crippen LogP contribution in [0.25, 0.3) is 0 Å². The number of carbonyl (C=O) groups is 2. The van der Waals surface area contributed by atoms with Crippen LogP contribution in [0.1, 0.15) is 25.8 Å². The lowest BCUT2D eigenvalue weighted by molar-refractivity contribution is -0.139. The van der Waals surface area contributed by atoms with Crippen molar-refractivity contribution in [2.75, 3.05) is 6.54 Å². The number of benzene rings is 1. The number of aliphatic carboxylic acids is 1. The number of hydrogen-bond acceptors (Lipinski definition) is 2. The van der Waals surface area contributed by atoms with E-state index in [-0.39, 0.29) is 24.9 Å². The molecule has 0 aliphatic heterocycles. The van der Waals surface area contributed by atoms with Gasteiger partial charge in [0.25, 0.3) is 0 Å². The molecule has 0 aliphatic rings. The first-order valence-corrected chi connectivity index (χ1v) is 6.06. The molecule has 1 amide bonds. The van der Waals surface area contributed by atoms with Gasteiger partial charge >= 0.3 is 5.97 Å². The molecule has 0 saturated heterocycles. The highest BCUT2D eigenvalue weighted by molar-refractivity contribution is 5.79. The van der Waals surface area contributed by atoms with Gasteiger partial charge in [-0.15, -0.1) is 0 Å². The maximum absolute atomic E-state index is 12.1. The SMILES string of the molecule is CC(C)N(CCC(=O)O)C(=O)Cc1ccccc1. The summed E-state index contributed by atoms with van der Waals surface area (Å²) < 4.78 is 0. The van der Waals surface area contributed by atoms with Gasteiger partial charge in [-0.1, -0.05) is 30.3 Å². The summed E-state index contributed by atoms with van der Waals surface area (Å²) in [5.41, 5.74) is 0.948. The van der Waals surface area contributed by atoms with Gasteiger partial charge in [0, 0.05) is 12.6 Å². The number of nitrogens with zero attached hydrogens (tertiary/aromatic N) is 1. The van der Waals surface area contributed by atoms with E-state index in [0.717, 1.165) is 5.56 Å². The Morgan fingerprint density at radius 3 is 2.33 bits per heavy atom. The van der Waals surface area contributed by atoms with E-state index < -0.39 is 5.97 Å². The Morgan fingerprint density at radius 1 is 1.22 bits per heavy atom. The average molecular weight is 249 g/mol. The zero-order chi connectivity index (χ0) is 13.5. The molecule has 0 bridgehead atoms. The largest absolute Gasteiger partial charge is 0.481 e. The molecule has 98 valence electrons. The molecular formula is C14H19NO3. The molecule has 1 aromatic rings. The van der Waals surface area contributed by atoms with Crippen LogP contribution in [0.3, 0.4) is 0 Å². The van der Waals surface area contributed by atoms with Crippen molar-refractivity contribution >= 4 is 11.9 Å². The quantitative estimate of drug-likeness (QED) is 0.838. The number of carboxylic acids is 1. The summed E-state index contributed by atoms with van der Waals surface area (Å²) in [4.78, 5) is 24.3. The molecule has 1 rings (SSSR count). The predicted molar refractivity (Wildman–Crippen MR) is 69.2 cm³/mol. The number of carbonyl (C=O) groups excluding carboxylic acids is 1. The van der Waals surface area contributed by atoms with Gasteiger partial charge < -0.3 is 10.0 Å². The predicted octanol–water partition coefficient (Wildman–Crippen LogP) is 1.94. The minimum absolute atomic E-state index is 0.0144. The highest BCUT2D eigenvalue weighted by atomic mass is 16.4.